The van der Waals surface area contributed by atoms with Crippen LogP contribution in [0, 0.1) is 0 Å². The predicted molar refractivity (Wildman–Crippen MR) is 50.6 cm³/mol. The van der Waals surface area contributed by atoms with Crippen LogP contribution < -0.4 is 5.32 Å². The van der Waals surface area contributed by atoms with Crippen LogP contribution >= 0.6 is 11.8 Å². The Hall–Kier alpha value is 0.0500. The van der Waals surface area contributed by atoms with Gasteiger partial charge in [-0.1, -0.05) is 19.9 Å². The summed E-state index contributed by atoms with van der Waals surface area (Å²) in [6.07, 6.45) is 1.95. The van der Waals surface area contributed by atoms with E-state index >= 15 is 0 Å². The first-order valence-electron chi connectivity index (χ1n) is 3.62. The van der Waals surface area contributed by atoms with Crippen molar-refractivity contribution < 1.29 is 0 Å². The number of likely N-dealkylation sites (N-methyl/N-ethyl adjacent to an activating group) is 1. The fourth-order valence-corrected chi connectivity index (χ4v) is 1.46. The Balaban J connectivity index is 3.34. The van der Waals surface area contributed by atoms with Gasteiger partial charge in [0.1, 0.15) is 0 Å². The molecule has 0 aliphatic rings. The predicted octanol–water partition coefficient (Wildman–Crippen LogP) is 1.90. The van der Waals surface area contributed by atoms with Crippen LogP contribution in [0.4, 0.5) is 0 Å². The molecular weight excluding hydrogens is 142 g/mol. The smallest absolute Gasteiger partial charge is 0.0336 e. The molecule has 0 aromatic heterocycles. The second kappa shape index (κ2) is 5.81. The topological polar surface area (TPSA) is 12.0 Å². The standard InChI is InChI=1S/C8H17NS/c1-5-8(9-4)6-10-7(2)3/h5,7-9H,1,6H2,2-4H3. The maximum absolute atomic E-state index is 3.73. The van der Waals surface area contributed by atoms with Crippen LogP contribution in [-0.2, 0) is 0 Å². The van der Waals surface area contributed by atoms with Gasteiger partial charge in [0, 0.05) is 11.8 Å². The quantitative estimate of drug-likeness (QED) is 0.615. The van der Waals surface area contributed by atoms with Gasteiger partial charge in [-0.3, -0.25) is 0 Å². The highest BCUT2D eigenvalue weighted by Gasteiger charge is 2.01. The number of thioether (sulfide) groups is 1. The minimum Gasteiger partial charge on any atom is -0.313 e. The van der Waals surface area contributed by atoms with Crippen LogP contribution in [-0.4, -0.2) is 24.1 Å². The van der Waals surface area contributed by atoms with Gasteiger partial charge in [0.25, 0.3) is 0 Å². The molecular formula is C8H17NS. The summed E-state index contributed by atoms with van der Waals surface area (Å²) >= 11 is 1.95. The van der Waals surface area contributed by atoms with E-state index in [1.807, 2.05) is 24.9 Å². The minimum absolute atomic E-state index is 0.465. The van der Waals surface area contributed by atoms with Crippen LogP contribution in [0.25, 0.3) is 0 Å². The van der Waals surface area contributed by atoms with Gasteiger partial charge < -0.3 is 5.32 Å². The van der Waals surface area contributed by atoms with Crippen LogP contribution in [0.1, 0.15) is 13.8 Å². The SMILES string of the molecule is C=CC(CSC(C)C)NC. The normalized spacial score (nSPS) is 13.6. The molecule has 60 valence electrons. The van der Waals surface area contributed by atoms with Gasteiger partial charge in [-0.2, -0.15) is 11.8 Å². The molecule has 0 fully saturated rings. The van der Waals surface area contributed by atoms with E-state index in [1.165, 1.54) is 0 Å². The van der Waals surface area contributed by atoms with Gasteiger partial charge in [0.2, 0.25) is 0 Å². The van der Waals surface area contributed by atoms with Crippen LogP contribution in [0.5, 0.6) is 0 Å². The van der Waals surface area contributed by atoms with Crippen molar-refractivity contribution in [1.29, 1.82) is 0 Å². The highest BCUT2D eigenvalue weighted by Crippen LogP contribution is 2.10. The summed E-state index contributed by atoms with van der Waals surface area (Å²) in [7, 11) is 1.97. The molecule has 10 heavy (non-hydrogen) atoms. The summed E-state index contributed by atoms with van der Waals surface area (Å²) in [6.45, 7) is 8.15. The highest BCUT2D eigenvalue weighted by atomic mass is 32.2. The second-order valence-corrected chi connectivity index (χ2v) is 4.12. The average molecular weight is 159 g/mol. The van der Waals surface area contributed by atoms with E-state index in [-0.39, 0.29) is 0 Å². The summed E-state index contributed by atoms with van der Waals surface area (Å²) in [5, 5.41) is 3.89. The van der Waals surface area contributed by atoms with E-state index in [1.54, 1.807) is 0 Å². The molecule has 1 N–H and O–H groups in total. The van der Waals surface area contributed by atoms with E-state index in [4.69, 9.17) is 0 Å². The molecule has 0 aromatic carbocycles. The third kappa shape index (κ3) is 4.89. The van der Waals surface area contributed by atoms with Crippen molar-refractivity contribution in [2.24, 2.45) is 0 Å². The molecule has 2 heteroatoms. The van der Waals surface area contributed by atoms with Gasteiger partial charge in [0.05, 0.1) is 0 Å². The first kappa shape index (κ1) is 10.0. The molecule has 0 aliphatic heterocycles. The van der Waals surface area contributed by atoms with Crippen molar-refractivity contribution in [3.63, 3.8) is 0 Å². The molecule has 0 aromatic rings. The Bertz CT molecular complexity index is 91.3. The Labute approximate surface area is 68.3 Å². The monoisotopic (exact) mass is 159 g/mol. The van der Waals surface area contributed by atoms with Gasteiger partial charge in [-0.25, -0.2) is 0 Å². The van der Waals surface area contributed by atoms with Crippen molar-refractivity contribution in [2.45, 2.75) is 25.1 Å². The summed E-state index contributed by atoms with van der Waals surface area (Å²) < 4.78 is 0. The first-order chi connectivity index (χ1) is 4.70. The molecule has 0 heterocycles. The third-order valence-electron chi connectivity index (χ3n) is 1.26. The Kier molecular flexibility index (Phi) is 5.84. The van der Waals surface area contributed by atoms with Gasteiger partial charge >= 0.3 is 0 Å². The van der Waals surface area contributed by atoms with E-state index in [0.29, 0.717) is 6.04 Å². The van der Waals surface area contributed by atoms with E-state index < -0.39 is 0 Å². The lowest BCUT2D eigenvalue weighted by molar-refractivity contribution is 0.738. The number of rotatable bonds is 5. The average Bonchev–Trinajstić information content (AvgIpc) is 1.90. The lowest BCUT2D eigenvalue weighted by Crippen LogP contribution is -2.25. The zero-order chi connectivity index (χ0) is 7.98. The maximum atomic E-state index is 3.73. The Morgan fingerprint density at radius 2 is 2.20 bits per heavy atom. The van der Waals surface area contributed by atoms with E-state index in [9.17, 15) is 0 Å². The van der Waals surface area contributed by atoms with Gasteiger partial charge in [-0.05, 0) is 12.3 Å². The van der Waals surface area contributed by atoms with Crippen molar-refractivity contribution in [3.05, 3.63) is 12.7 Å². The first-order valence-corrected chi connectivity index (χ1v) is 4.67. The third-order valence-corrected chi connectivity index (χ3v) is 2.48. The molecule has 1 atom stereocenters. The van der Waals surface area contributed by atoms with E-state index in [2.05, 4.69) is 25.7 Å². The zero-order valence-electron chi connectivity index (χ0n) is 7.05. The maximum Gasteiger partial charge on any atom is 0.0336 e. The molecule has 0 rings (SSSR count). The molecule has 0 saturated heterocycles. The summed E-state index contributed by atoms with van der Waals surface area (Å²) in [6, 6.07) is 0.465. The Morgan fingerprint density at radius 1 is 1.60 bits per heavy atom. The summed E-state index contributed by atoms with van der Waals surface area (Å²) in [4.78, 5) is 0. The number of hydrogen-bond donors (Lipinski definition) is 1. The summed E-state index contributed by atoms with van der Waals surface area (Å²) in [5.41, 5.74) is 0. The van der Waals surface area contributed by atoms with Gasteiger partial charge in [-0.15, -0.1) is 6.58 Å². The molecule has 0 radical (unpaired) electrons. The minimum atomic E-state index is 0.465. The molecule has 1 unspecified atom stereocenters. The molecule has 0 aliphatic carbocycles. The van der Waals surface area contributed by atoms with Crippen LogP contribution in [0.3, 0.4) is 0 Å². The molecule has 0 bridgehead atoms. The van der Waals surface area contributed by atoms with Crippen molar-refractivity contribution in [1.82, 2.24) is 5.32 Å². The van der Waals surface area contributed by atoms with Crippen molar-refractivity contribution in [3.8, 4) is 0 Å². The second-order valence-electron chi connectivity index (χ2n) is 2.51. The lowest BCUT2D eigenvalue weighted by atomic mass is 10.3. The number of nitrogens with one attached hydrogen (secondary N) is 1. The fraction of sp³-hybridized carbons (Fsp3) is 0.750. The van der Waals surface area contributed by atoms with Crippen LogP contribution in [0.15, 0.2) is 12.7 Å². The molecule has 0 saturated carbocycles. The van der Waals surface area contributed by atoms with Crippen molar-refractivity contribution in [2.75, 3.05) is 12.8 Å². The molecule has 0 amide bonds. The Morgan fingerprint density at radius 3 is 2.50 bits per heavy atom. The lowest BCUT2D eigenvalue weighted by Gasteiger charge is -2.11. The van der Waals surface area contributed by atoms with E-state index in [0.717, 1.165) is 11.0 Å². The summed E-state index contributed by atoms with van der Waals surface area (Å²) in [5.74, 6) is 1.12. The molecule has 1 nitrogen and oxygen atoms in total. The van der Waals surface area contributed by atoms with Crippen molar-refractivity contribution >= 4 is 11.8 Å². The van der Waals surface area contributed by atoms with Crippen LogP contribution in [0.2, 0.25) is 0 Å². The molecule has 0 spiro atoms. The highest BCUT2D eigenvalue weighted by molar-refractivity contribution is 7.99. The fourth-order valence-electron chi connectivity index (χ4n) is 0.565. The largest absolute Gasteiger partial charge is 0.313 e. The number of hydrogen-bond acceptors (Lipinski definition) is 2. The van der Waals surface area contributed by atoms with Gasteiger partial charge in [0.15, 0.2) is 0 Å². The zero-order valence-corrected chi connectivity index (χ0v) is 7.87.